The Labute approximate surface area is 178 Å². The first-order chi connectivity index (χ1) is 14.8. The Morgan fingerprint density at radius 2 is 1.03 bits per heavy atom. The zero-order valence-corrected chi connectivity index (χ0v) is 17.4. The van der Waals surface area contributed by atoms with Crippen LogP contribution in [0.2, 0.25) is 0 Å². The van der Waals surface area contributed by atoms with Gasteiger partial charge in [0.05, 0.1) is 0 Å². The van der Waals surface area contributed by atoms with E-state index in [-0.39, 0.29) is 0 Å². The Balaban J connectivity index is 1.74. The first-order valence-corrected chi connectivity index (χ1v) is 10.6. The summed E-state index contributed by atoms with van der Waals surface area (Å²) in [6.45, 7) is 0. The van der Waals surface area contributed by atoms with Crippen molar-refractivity contribution in [3.05, 3.63) is 119 Å². The van der Waals surface area contributed by atoms with Gasteiger partial charge < -0.3 is 9.80 Å². The molecular formula is C28H24N2. The van der Waals surface area contributed by atoms with E-state index in [1.54, 1.807) is 0 Å². The van der Waals surface area contributed by atoms with E-state index in [1.807, 2.05) is 0 Å². The van der Waals surface area contributed by atoms with Gasteiger partial charge in [0.25, 0.3) is 0 Å². The molecule has 2 nitrogen and oxygen atoms in total. The minimum Gasteiger partial charge on any atom is -0.344 e. The lowest BCUT2D eigenvalue weighted by Crippen LogP contribution is -2.28. The fourth-order valence-electron chi connectivity index (χ4n) is 5.30. The molecule has 0 amide bonds. The summed E-state index contributed by atoms with van der Waals surface area (Å²) in [5.41, 5.74) is 13.5. The number of allylic oxidation sites excluding steroid dienone is 10. The molecule has 0 spiro atoms. The highest BCUT2D eigenvalue weighted by Gasteiger charge is 2.34. The number of nitrogens with zero attached hydrogens (tertiary/aromatic N) is 2. The van der Waals surface area contributed by atoms with Crippen LogP contribution in [0, 0.1) is 0 Å². The van der Waals surface area contributed by atoms with Crippen molar-refractivity contribution in [1.82, 2.24) is 0 Å². The molecule has 0 N–H and O–H groups in total. The summed E-state index contributed by atoms with van der Waals surface area (Å²) < 4.78 is 0. The minimum absolute atomic E-state index is 0.962. The lowest BCUT2D eigenvalue weighted by atomic mass is 9.76. The number of anilines is 2. The van der Waals surface area contributed by atoms with Crippen LogP contribution in [-0.2, 0) is 0 Å². The molecule has 2 aromatic carbocycles. The summed E-state index contributed by atoms with van der Waals surface area (Å²) in [6.07, 6.45) is 15.4. The maximum absolute atomic E-state index is 2.35. The van der Waals surface area contributed by atoms with Crippen molar-refractivity contribution >= 4 is 22.5 Å². The molecule has 0 bridgehead atoms. The molecule has 0 aromatic heterocycles. The van der Waals surface area contributed by atoms with Crippen LogP contribution in [0.25, 0.3) is 11.1 Å². The van der Waals surface area contributed by atoms with Crippen molar-refractivity contribution in [3.63, 3.8) is 0 Å². The summed E-state index contributed by atoms with van der Waals surface area (Å²) in [5.74, 6) is 0. The Morgan fingerprint density at radius 3 is 1.50 bits per heavy atom. The highest BCUT2D eigenvalue weighted by molar-refractivity contribution is 6.16. The van der Waals surface area contributed by atoms with Crippen LogP contribution in [0.4, 0.5) is 11.4 Å². The predicted molar refractivity (Wildman–Crippen MR) is 127 cm³/mol. The molecule has 0 fully saturated rings. The molecule has 2 aromatic rings. The number of rotatable bonds is 1. The standard InChI is InChI=1S/C28H24N2/c1-29-23-15-7-3-11-19(23)27(20-12-4-8-16-24(20)29)28-21-13-5-9-17-25(21)30(2)26-18-10-6-14-22(26)28/h3-11,13,15-18H,12,14H2,1-2H3. The van der Waals surface area contributed by atoms with Gasteiger partial charge in [-0.15, -0.1) is 0 Å². The maximum atomic E-state index is 2.35. The largest absolute Gasteiger partial charge is 0.344 e. The van der Waals surface area contributed by atoms with Crippen LogP contribution in [-0.4, -0.2) is 14.1 Å². The highest BCUT2D eigenvalue weighted by Crippen LogP contribution is 2.53. The number of hydrogen-bond acceptors (Lipinski definition) is 2. The van der Waals surface area contributed by atoms with E-state index < -0.39 is 0 Å². The monoisotopic (exact) mass is 388 g/mol. The Kier molecular flexibility index (Phi) is 3.76. The fraction of sp³-hybridized carbons (Fsp3) is 0.143. The molecule has 2 heterocycles. The third kappa shape index (κ3) is 2.31. The van der Waals surface area contributed by atoms with Crippen LogP contribution >= 0.6 is 0 Å². The maximum Gasteiger partial charge on any atom is 0.0488 e. The number of likely N-dealkylation sites (N-methyl/N-ethyl adjacent to an activating group) is 2. The van der Waals surface area contributed by atoms with E-state index in [9.17, 15) is 0 Å². The van der Waals surface area contributed by atoms with Crippen molar-refractivity contribution in [2.75, 3.05) is 23.9 Å². The van der Waals surface area contributed by atoms with Crippen molar-refractivity contribution < 1.29 is 0 Å². The van der Waals surface area contributed by atoms with Crippen LogP contribution < -0.4 is 9.80 Å². The van der Waals surface area contributed by atoms with Gasteiger partial charge in [0.15, 0.2) is 0 Å². The number of hydrogen-bond donors (Lipinski definition) is 0. The second kappa shape index (κ2) is 6.50. The quantitative estimate of drug-likeness (QED) is 0.551. The topological polar surface area (TPSA) is 6.48 Å². The van der Waals surface area contributed by atoms with E-state index in [0.29, 0.717) is 0 Å². The van der Waals surface area contributed by atoms with Gasteiger partial charge >= 0.3 is 0 Å². The summed E-state index contributed by atoms with van der Waals surface area (Å²) in [5, 5.41) is 0. The molecule has 2 aliphatic heterocycles. The molecule has 0 saturated carbocycles. The van der Waals surface area contributed by atoms with Crippen LogP contribution in [0.5, 0.6) is 0 Å². The summed E-state index contributed by atoms with van der Waals surface area (Å²) in [6, 6.07) is 17.7. The van der Waals surface area contributed by atoms with Gasteiger partial charge in [-0.25, -0.2) is 0 Å². The Morgan fingerprint density at radius 1 is 0.600 bits per heavy atom. The van der Waals surface area contributed by atoms with Gasteiger partial charge in [0, 0.05) is 48.0 Å². The summed E-state index contributed by atoms with van der Waals surface area (Å²) in [4.78, 5) is 4.70. The smallest absolute Gasteiger partial charge is 0.0488 e. The van der Waals surface area contributed by atoms with Gasteiger partial charge in [-0.2, -0.15) is 0 Å². The first kappa shape index (κ1) is 17.3. The van der Waals surface area contributed by atoms with Crippen molar-refractivity contribution in [2.45, 2.75) is 12.8 Å². The number of fused-ring (bicyclic) bond motifs is 4. The average Bonchev–Trinajstić information content (AvgIpc) is 2.81. The molecule has 0 atom stereocenters. The van der Waals surface area contributed by atoms with Crippen LogP contribution in [0.15, 0.2) is 108 Å². The lowest BCUT2D eigenvalue weighted by Gasteiger charge is -2.40. The van der Waals surface area contributed by atoms with Crippen LogP contribution in [0.1, 0.15) is 24.0 Å². The SMILES string of the molecule is CN1C2=CC=CCC2=C(C2=C3CC=CC=C3N(C)c3ccccc32)c2ccccc21. The highest BCUT2D eigenvalue weighted by atomic mass is 15.1. The molecule has 146 valence electrons. The third-order valence-electron chi connectivity index (χ3n) is 6.69. The fourth-order valence-corrected chi connectivity index (χ4v) is 5.30. The molecule has 30 heavy (non-hydrogen) atoms. The molecule has 2 aliphatic carbocycles. The van der Waals surface area contributed by atoms with E-state index >= 15 is 0 Å². The van der Waals surface area contributed by atoms with Gasteiger partial charge in [-0.3, -0.25) is 0 Å². The minimum atomic E-state index is 0.962. The average molecular weight is 389 g/mol. The third-order valence-corrected chi connectivity index (χ3v) is 6.69. The van der Waals surface area contributed by atoms with E-state index in [0.717, 1.165) is 12.8 Å². The van der Waals surface area contributed by atoms with Gasteiger partial charge in [0.2, 0.25) is 0 Å². The lowest BCUT2D eigenvalue weighted by molar-refractivity contribution is 1.02. The molecular weight excluding hydrogens is 364 g/mol. The molecule has 4 aliphatic rings. The molecule has 6 rings (SSSR count). The van der Waals surface area contributed by atoms with Gasteiger partial charge in [-0.1, -0.05) is 60.7 Å². The first-order valence-electron chi connectivity index (χ1n) is 10.6. The Bertz CT molecular complexity index is 1160. The van der Waals surface area contributed by atoms with Crippen LogP contribution in [0.3, 0.4) is 0 Å². The van der Waals surface area contributed by atoms with Crippen molar-refractivity contribution in [3.8, 4) is 0 Å². The zero-order chi connectivity index (χ0) is 20.2. The second-order valence-electron chi connectivity index (χ2n) is 8.23. The second-order valence-corrected chi connectivity index (χ2v) is 8.23. The normalized spacial score (nSPS) is 19.1. The number of benzene rings is 2. The number of para-hydroxylation sites is 2. The summed E-state index contributed by atoms with van der Waals surface area (Å²) >= 11 is 0. The zero-order valence-electron chi connectivity index (χ0n) is 17.4. The summed E-state index contributed by atoms with van der Waals surface area (Å²) in [7, 11) is 4.38. The van der Waals surface area contributed by atoms with Gasteiger partial charge in [0.1, 0.15) is 0 Å². The Hall–Kier alpha value is -3.52. The molecule has 0 saturated heterocycles. The predicted octanol–water partition coefficient (Wildman–Crippen LogP) is 6.48. The van der Waals surface area contributed by atoms with E-state index in [2.05, 4.69) is 109 Å². The molecule has 0 unspecified atom stereocenters. The van der Waals surface area contributed by atoms with Crippen molar-refractivity contribution in [1.29, 1.82) is 0 Å². The molecule has 2 heteroatoms. The van der Waals surface area contributed by atoms with E-state index in [4.69, 9.17) is 0 Å². The van der Waals surface area contributed by atoms with Gasteiger partial charge in [-0.05, 0) is 59.4 Å². The van der Waals surface area contributed by atoms with E-state index in [1.165, 1.54) is 56.2 Å². The van der Waals surface area contributed by atoms with Crippen molar-refractivity contribution in [2.24, 2.45) is 0 Å². The molecule has 0 radical (unpaired) electrons.